The van der Waals surface area contributed by atoms with Crippen LogP contribution in [0, 0.1) is 5.92 Å². The van der Waals surface area contributed by atoms with Gasteiger partial charge in [-0.05, 0) is 24.4 Å². The lowest BCUT2D eigenvalue weighted by Gasteiger charge is -2.20. The summed E-state index contributed by atoms with van der Waals surface area (Å²) in [5.74, 6) is -0.534. The molecule has 0 aliphatic carbocycles. The van der Waals surface area contributed by atoms with Crippen LogP contribution < -0.4 is 0 Å². The first kappa shape index (κ1) is 15.9. The molecule has 1 heterocycles. The second-order valence-corrected chi connectivity index (χ2v) is 5.67. The number of carboxylic acids is 1. The number of likely N-dealkylation sites (tertiary alicyclic amines) is 1. The van der Waals surface area contributed by atoms with E-state index in [1.807, 2.05) is 30.3 Å². The third-order valence-corrected chi connectivity index (χ3v) is 3.72. The molecular formula is C16H23NO4. The van der Waals surface area contributed by atoms with Crippen LogP contribution in [0.15, 0.2) is 30.3 Å². The molecule has 1 fully saturated rings. The molecule has 1 saturated heterocycles. The third kappa shape index (κ3) is 5.83. The summed E-state index contributed by atoms with van der Waals surface area (Å²) in [7, 11) is 0. The van der Waals surface area contributed by atoms with E-state index < -0.39 is 12.1 Å². The molecule has 5 nitrogen and oxygen atoms in total. The van der Waals surface area contributed by atoms with Crippen LogP contribution in [0.3, 0.4) is 0 Å². The Morgan fingerprint density at radius 3 is 2.86 bits per heavy atom. The summed E-state index contributed by atoms with van der Waals surface area (Å²) in [6, 6.07) is 9.86. The number of aliphatic carboxylic acids is 1. The highest BCUT2D eigenvalue weighted by molar-refractivity contribution is 5.67. The van der Waals surface area contributed by atoms with Gasteiger partial charge in [0, 0.05) is 19.5 Å². The molecule has 116 valence electrons. The molecule has 0 saturated carbocycles. The summed E-state index contributed by atoms with van der Waals surface area (Å²) in [6.45, 7) is 2.95. The van der Waals surface area contributed by atoms with Crippen LogP contribution in [0.4, 0.5) is 0 Å². The normalized spacial score (nSPS) is 20.5. The molecule has 1 aliphatic heterocycles. The maximum absolute atomic E-state index is 10.7. The Hall–Kier alpha value is -1.43. The van der Waals surface area contributed by atoms with E-state index in [4.69, 9.17) is 9.84 Å². The molecule has 1 aromatic rings. The van der Waals surface area contributed by atoms with Crippen molar-refractivity contribution in [1.82, 2.24) is 4.90 Å². The van der Waals surface area contributed by atoms with Crippen molar-refractivity contribution in [1.29, 1.82) is 0 Å². The highest BCUT2D eigenvalue weighted by Gasteiger charge is 2.25. The van der Waals surface area contributed by atoms with E-state index in [1.54, 1.807) is 0 Å². The van der Waals surface area contributed by atoms with Gasteiger partial charge in [-0.1, -0.05) is 30.3 Å². The van der Waals surface area contributed by atoms with Crippen molar-refractivity contribution in [3.05, 3.63) is 35.9 Å². The highest BCUT2D eigenvalue weighted by atomic mass is 16.5. The largest absolute Gasteiger partial charge is 0.481 e. The number of nitrogens with zero attached hydrogens (tertiary/aromatic N) is 1. The number of aliphatic hydroxyl groups is 1. The Morgan fingerprint density at radius 1 is 1.38 bits per heavy atom. The van der Waals surface area contributed by atoms with Crippen LogP contribution >= 0.6 is 0 Å². The van der Waals surface area contributed by atoms with Gasteiger partial charge in [0.05, 0.1) is 19.3 Å². The fourth-order valence-electron chi connectivity index (χ4n) is 2.73. The molecule has 2 rings (SSSR count). The molecule has 0 radical (unpaired) electrons. The minimum absolute atomic E-state index is 0.208. The van der Waals surface area contributed by atoms with Crippen LogP contribution in [0.1, 0.15) is 18.4 Å². The van der Waals surface area contributed by atoms with Crippen LogP contribution in [-0.2, 0) is 16.1 Å². The number of carbonyl (C=O) groups is 1. The van der Waals surface area contributed by atoms with Crippen molar-refractivity contribution < 1.29 is 19.7 Å². The van der Waals surface area contributed by atoms with Crippen LogP contribution in [0.5, 0.6) is 0 Å². The molecule has 2 atom stereocenters. The number of hydrogen-bond donors (Lipinski definition) is 2. The van der Waals surface area contributed by atoms with E-state index >= 15 is 0 Å². The van der Waals surface area contributed by atoms with Gasteiger partial charge in [-0.3, -0.25) is 4.79 Å². The summed E-state index contributed by atoms with van der Waals surface area (Å²) >= 11 is 0. The van der Waals surface area contributed by atoms with E-state index in [1.165, 1.54) is 0 Å². The average molecular weight is 293 g/mol. The van der Waals surface area contributed by atoms with Gasteiger partial charge in [-0.25, -0.2) is 0 Å². The quantitative estimate of drug-likeness (QED) is 0.757. The smallest absolute Gasteiger partial charge is 0.303 e. The first-order valence-corrected chi connectivity index (χ1v) is 7.37. The second-order valence-electron chi connectivity index (χ2n) is 5.67. The first-order chi connectivity index (χ1) is 10.1. The zero-order valence-corrected chi connectivity index (χ0v) is 12.1. The Labute approximate surface area is 125 Å². The highest BCUT2D eigenvalue weighted by Crippen LogP contribution is 2.19. The second kappa shape index (κ2) is 8.12. The predicted octanol–water partition coefficient (Wildman–Crippen LogP) is 1.36. The summed E-state index contributed by atoms with van der Waals surface area (Å²) in [5, 5.41) is 18.8. The van der Waals surface area contributed by atoms with Gasteiger partial charge >= 0.3 is 5.97 Å². The van der Waals surface area contributed by atoms with Crippen LogP contribution in [0.25, 0.3) is 0 Å². The first-order valence-electron chi connectivity index (χ1n) is 7.37. The molecule has 2 N–H and O–H groups in total. The fraction of sp³-hybridized carbons (Fsp3) is 0.562. The van der Waals surface area contributed by atoms with E-state index in [9.17, 15) is 9.90 Å². The number of rotatable bonds is 8. The molecule has 0 spiro atoms. The Bertz CT molecular complexity index is 437. The minimum Gasteiger partial charge on any atom is -0.481 e. The van der Waals surface area contributed by atoms with E-state index in [0.29, 0.717) is 19.8 Å². The molecule has 1 aliphatic rings. The lowest BCUT2D eigenvalue weighted by molar-refractivity contribution is -0.138. The SMILES string of the molecule is O=C(O)CC1CCN(CC(O)COCc2ccccc2)C1. The average Bonchev–Trinajstić information content (AvgIpc) is 2.86. The topological polar surface area (TPSA) is 70.0 Å². The Morgan fingerprint density at radius 2 is 2.14 bits per heavy atom. The van der Waals surface area contributed by atoms with Gasteiger partial charge in [0.15, 0.2) is 0 Å². The van der Waals surface area contributed by atoms with E-state index in [2.05, 4.69) is 4.90 Å². The summed E-state index contributed by atoms with van der Waals surface area (Å²) in [4.78, 5) is 12.8. The molecule has 5 heteroatoms. The number of hydrogen-bond acceptors (Lipinski definition) is 4. The zero-order valence-electron chi connectivity index (χ0n) is 12.1. The number of benzene rings is 1. The van der Waals surface area contributed by atoms with Crippen molar-refractivity contribution in [3.63, 3.8) is 0 Å². The van der Waals surface area contributed by atoms with Crippen molar-refractivity contribution in [2.45, 2.75) is 25.6 Å². The summed E-state index contributed by atoms with van der Waals surface area (Å²) < 4.78 is 5.51. The van der Waals surface area contributed by atoms with Crippen LogP contribution in [0.2, 0.25) is 0 Å². The molecule has 0 aromatic heterocycles. The lowest BCUT2D eigenvalue weighted by atomic mass is 10.1. The third-order valence-electron chi connectivity index (χ3n) is 3.72. The van der Waals surface area contributed by atoms with Crippen molar-refractivity contribution in [3.8, 4) is 0 Å². The van der Waals surface area contributed by atoms with Gasteiger partial charge in [0.25, 0.3) is 0 Å². The van der Waals surface area contributed by atoms with Gasteiger partial charge in [0.2, 0.25) is 0 Å². The fourth-order valence-corrected chi connectivity index (χ4v) is 2.73. The molecule has 0 amide bonds. The summed E-state index contributed by atoms with van der Waals surface area (Å²) in [6.07, 6.45) is 0.582. The number of ether oxygens (including phenoxy) is 1. The number of β-amino-alcohol motifs (C(OH)–C–C–N with tert-alkyl or cyclic N) is 1. The molecule has 2 unspecified atom stereocenters. The molecular weight excluding hydrogens is 270 g/mol. The number of aliphatic hydroxyl groups excluding tert-OH is 1. The van der Waals surface area contributed by atoms with Gasteiger partial charge in [-0.2, -0.15) is 0 Å². The number of carboxylic acid groups (broad SMARTS) is 1. The maximum atomic E-state index is 10.7. The van der Waals surface area contributed by atoms with Crippen molar-refractivity contribution >= 4 is 5.97 Å². The van der Waals surface area contributed by atoms with Crippen molar-refractivity contribution in [2.75, 3.05) is 26.2 Å². The Kier molecular flexibility index (Phi) is 6.17. The van der Waals surface area contributed by atoms with Gasteiger partial charge < -0.3 is 19.8 Å². The molecule has 1 aromatic carbocycles. The monoisotopic (exact) mass is 293 g/mol. The standard InChI is InChI=1S/C16H23NO4/c18-15(12-21-11-13-4-2-1-3-5-13)10-17-7-6-14(9-17)8-16(19)20/h1-5,14-15,18H,6-12H2,(H,19,20). The Balaban J connectivity index is 1.61. The molecule has 0 bridgehead atoms. The predicted molar refractivity (Wildman–Crippen MR) is 78.9 cm³/mol. The zero-order chi connectivity index (χ0) is 15.1. The van der Waals surface area contributed by atoms with Gasteiger partial charge in [-0.15, -0.1) is 0 Å². The lowest BCUT2D eigenvalue weighted by Crippen LogP contribution is -2.33. The van der Waals surface area contributed by atoms with Crippen molar-refractivity contribution in [2.24, 2.45) is 5.92 Å². The molecule has 21 heavy (non-hydrogen) atoms. The van der Waals surface area contributed by atoms with E-state index in [0.717, 1.165) is 25.1 Å². The van der Waals surface area contributed by atoms with E-state index in [-0.39, 0.29) is 12.3 Å². The maximum Gasteiger partial charge on any atom is 0.303 e. The van der Waals surface area contributed by atoms with Crippen LogP contribution in [-0.4, -0.2) is 53.4 Å². The summed E-state index contributed by atoms with van der Waals surface area (Å²) in [5.41, 5.74) is 1.09. The minimum atomic E-state index is -0.742. The van der Waals surface area contributed by atoms with Gasteiger partial charge in [0.1, 0.15) is 0 Å².